The molecule has 0 heterocycles. The standard InChI is InChI=1S/C30H44O6/c1-3-17-35-25-13-9-23(10-14-25)29(33)19-27(31)21-5-7-22(8-6-21)28(32)20-30(34)24-11-15-26(16-12-24)36-18-4-2/h3-4,21-26H,1-2,5-20H2. The summed E-state index contributed by atoms with van der Waals surface area (Å²) in [5.41, 5.74) is 0. The van der Waals surface area contributed by atoms with Crippen LogP contribution in [0.15, 0.2) is 25.3 Å². The van der Waals surface area contributed by atoms with Crippen LogP contribution >= 0.6 is 0 Å². The quantitative estimate of drug-likeness (QED) is 0.235. The maximum atomic E-state index is 12.8. The monoisotopic (exact) mass is 500 g/mol. The number of rotatable bonds is 14. The smallest absolute Gasteiger partial charge is 0.143 e. The molecule has 0 atom stereocenters. The first-order valence-electron chi connectivity index (χ1n) is 14.0. The van der Waals surface area contributed by atoms with Gasteiger partial charge < -0.3 is 9.47 Å². The fourth-order valence-corrected chi connectivity index (χ4v) is 6.17. The number of ether oxygens (including phenoxy) is 2. The number of Topliss-reactive ketones (excluding diaryl/α,β-unsaturated/α-hetero) is 4. The Morgan fingerprint density at radius 3 is 1.00 bits per heavy atom. The van der Waals surface area contributed by atoms with Gasteiger partial charge in [-0.15, -0.1) is 13.2 Å². The van der Waals surface area contributed by atoms with Crippen LogP contribution in [0.3, 0.4) is 0 Å². The van der Waals surface area contributed by atoms with Crippen LogP contribution in [0.25, 0.3) is 0 Å². The molecule has 6 heteroatoms. The lowest BCUT2D eigenvalue weighted by Crippen LogP contribution is -2.32. The fourth-order valence-electron chi connectivity index (χ4n) is 6.17. The predicted molar refractivity (Wildman–Crippen MR) is 138 cm³/mol. The van der Waals surface area contributed by atoms with Crippen molar-refractivity contribution in [1.29, 1.82) is 0 Å². The lowest BCUT2D eigenvalue weighted by Gasteiger charge is -2.30. The topological polar surface area (TPSA) is 86.7 Å². The fraction of sp³-hybridized carbons (Fsp3) is 0.733. The van der Waals surface area contributed by atoms with Crippen molar-refractivity contribution < 1.29 is 28.7 Å². The summed E-state index contributed by atoms with van der Waals surface area (Å²) in [6, 6.07) is 0. The van der Waals surface area contributed by atoms with E-state index in [0.717, 1.165) is 51.4 Å². The van der Waals surface area contributed by atoms with Gasteiger partial charge in [-0.3, -0.25) is 19.2 Å². The van der Waals surface area contributed by atoms with Crippen LogP contribution in [0.5, 0.6) is 0 Å². The molecule has 0 bridgehead atoms. The average molecular weight is 501 g/mol. The van der Waals surface area contributed by atoms with E-state index in [1.807, 2.05) is 0 Å². The number of carbonyl (C=O) groups excluding carboxylic acids is 4. The molecule has 6 nitrogen and oxygen atoms in total. The van der Waals surface area contributed by atoms with Crippen molar-refractivity contribution in [2.24, 2.45) is 23.7 Å². The molecule has 36 heavy (non-hydrogen) atoms. The summed E-state index contributed by atoms with van der Waals surface area (Å²) < 4.78 is 11.4. The van der Waals surface area contributed by atoms with Gasteiger partial charge in [0, 0.05) is 23.7 Å². The Labute approximate surface area is 216 Å². The van der Waals surface area contributed by atoms with Crippen LogP contribution in [0.2, 0.25) is 0 Å². The van der Waals surface area contributed by atoms with Crippen LogP contribution in [0, 0.1) is 23.7 Å². The Kier molecular flexibility index (Phi) is 11.7. The van der Waals surface area contributed by atoms with Gasteiger partial charge in [-0.05, 0) is 77.0 Å². The Balaban J connectivity index is 1.33. The average Bonchev–Trinajstić information content (AvgIpc) is 2.91. The SMILES string of the molecule is C=CCOC1CCC(C(=O)CC(=O)C2CCC(C(=O)CC(=O)C3CCC(OCC=C)CC3)CC2)CC1. The van der Waals surface area contributed by atoms with Gasteiger partial charge in [-0.2, -0.15) is 0 Å². The van der Waals surface area contributed by atoms with Crippen molar-refractivity contribution in [1.82, 2.24) is 0 Å². The highest BCUT2D eigenvalue weighted by Gasteiger charge is 2.34. The molecule has 0 aromatic heterocycles. The van der Waals surface area contributed by atoms with Gasteiger partial charge >= 0.3 is 0 Å². The van der Waals surface area contributed by atoms with Crippen LogP contribution in [-0.4, -0.2) is 48.6 Å². The van der Waals surface area contributed by atoms with E-state index in [1.54, 1.807) is 12.2 Å². The van der Waals surface area contributed by atoms with Crippen LogP contribution in [0.4, 0.5) is 0 Å². The second-order valence-corrected chi connectivity index (χ2v) is 11.0. The number of hydrogen-bond donors (Lipinski definition) is 0. The third-order valence-electron chi connectivity index (χ3n) is 8.49. The summed E-state index contributed by atoms with van der Waals surface area (Å²) in [5, 5.41) is 0. The van der Waals surface area contributed by atoms with Crippen molar-refractivity contribution in [3.05, 3.63) is 25.3 Å². The lowest BCUT2D eigenvalue weighted by atomic mass is 9.75. The zero-order valence-electron chi connectivity index (χ0n) is 21.8. The molecule has 0 unspecified atom stereocenters. The van der Waals surface area contributed by atoms with E-state index in [1.165, 1.54) is 0 Å². The Morgan fingerprint density at radius 1 is 0.500 bits per heavy atom. The Bertz CT molecular complexity index is 711. The second kappa shape index (κ2) is 14.7. The molecule has 0 saturated heterocycles. The van der Waals surface area contributed by atoms with E-state index in [2.05, 4.69) is 13.2 Å². The predicted octanol–water partition coefficient (Wildman–Crippen LogP) is 5.37. The summed E-state index contributed by atoms with van der Waals surface area (Å²) in [6.45, 7) is 8.40. The van der Waals surface area contributed by atoms with E-state index in [9.17, 15) is 19.2 Å². The molecule has 200 valence electrons. The van der Waals surface area contributed by atoms with Gasteiger partial charge in [0.25, 0.3) is 0 Å². The molecule has 0 N–H and O–H groups in total. The highest BCUT2D eigenvalue weighted by atomic mass is 16.5. The summed E-state index contributed by atoms with van der Waals surface area (Å²) in [7, 11) is 0. The van der Waals surface area contributed by atoms with E-state index < -0.39 is 0 Å². The summed E-state index contributed by atoms with van der Waals surface area (Å²) >= 11 is 0. The Hall–Kier alpha value is -1.92. The van der Waals surface area contributed by atoms with Gasteiger partial charge in [0.1, 0.15) is 23.1 Å². The highest BCUT2D eigenvalue weighted by molar-refractivity contribution is 6.02. The number of ketones is 4. The first-order chi connectivity index (χ1) is 17.4. The molecule has 0 amide bonds. The normalized spacial score (nSPS) is 30.8. The second-order valence-electron chi connectivity index (χ2n) is 11.0. The molecule has 0 radical (unpaired) electrons. The molecule has 0 aromatic rings. The van der Waals surface area contributed by atoms with Crippen molar-refractivity contribution in [2.75, 3.05) is 13.2 Å². The third-order valence-corrected chi connectivity index (χ3v) is 8.49. The molecule has 0 aliphatic heterocycles. The highest BCUT2D eigenvalue weighted by Crippen LogP contribution is 2.34. The van der Waals surface area contributed by atoms with Crippen molar-refractivity contribution in [3.8, 4) is 0 Å². The van der Waals surface area contributed by atoms with Gasteiger partial charge in [0.15, 0.2) is 0 Å². The summed E-state index contributed by atoms with van der Waals surface area (Å²) in [4.78, 5) is 51.0. The minimum Gasteiger partial charge on any atom is -0.374 e. The maximum absolute atomic E-state index is 12.8. The molecular formula is C30H44O6. The van der Waals surface area contributed by atoms with E-state index in [-0.39, 0.29) is 71.9 Å². The molecule has 3 aliphatic carbocycles. The Morgan fingerprint density at radius 2 is 0.750 bits per heavy atom. The summed E-state index contributed by atoms with van der Waals surface area (Å²) in [5.74, 6) is -0.148. The zero-order chi connectivity index (χ0) is 25.9. The number of hydrogen-bond acceptors (Lipinski definition) is 6. The molecule has 3 rings (SSSR count). The van der Waals surface area contributed by atoms with Crippen LogP contribution < -0.4 is 0 Å². The van der Waals surface area contributed by atoms with Crippen molar-refractivity contribution in [2.45, 2.75) is 102 Å². The van der Waals surface area contributed by atoms with Crippen molar-refractivity contribution >= 4 is 23.1 Å². The molecule has 0 aromatic carbocycles. The molecule has 3 aliphatic rings. The molecule has 0 spiro atoms. The van der Waals surface area contributed by atoms with Crippen LogP contribution in [0.1, 0.15) is 89.9 Å². The van der Waals surface area contributed by atoms with Crippen molar-refractivity contribution in [3.63, 3.8) is 0 Å². The van der Waals surface area contributed by atoms with Gasteiger partial charge in [-0.25, -0.2) is 0 Å². The molecule has 3 saturated carbocycles. The third kappa shape index (κ3) is 8.58. The van der Waals surface area contributed by atoms with E-state index in [4.69, 9.17) is 9.47 Å². The maximum Gasteiger partial charge on any atom is 0.143 e. The van der Waals surface area contributed by atoms with Crippen LogP contribution in [-0.2, 0) is 28.7 Å². The minimum atomic E-state index is -0.133. The first kappa shape index (κ1) is 28.6. The minimum absolute atomic E-state index is 0.0177. The summed E-state index contributed by atoms with van der Waals surface area (Å²) in [6.07, 6.45) is 13.0. The van der Waals surface area contributed by atoms with E-state index >= 15 is 0 Å². The molecular weight excluding hydrogens is 456 g/mol. The lowest BCUT2D eigenvalue weighted by molar-refractivity contribution is -0.136. The zero-order valence-corrected chi connectivity index (χ0v) is 21.8. The van der Waals surface area contributed by atoms with Gasteiger partial charge in [0.05, 0.1) is 38.3 Å². The number of carbonyl (C=O) groups is 4. The first-order valence-corrected chi connectivity index (χ1v) is 14.0. The van der Waals surface area contributed by atoms with E-state index in [0.29, 0.717) is 38.9 Å². The molecule has 3 fully saturated rings. The van der Waals surface area contributed by atoms with Gasteiger partial charge in [-0.1, -0.05) is 12.2 Å². The van der Waals surface area contributed by atoms with Gasteiger partial charge in [0.2, 0.25) is 0 Å². The largest absolute Gasteiger partial charge is 0.374 e.